The molecule has 0 unspecified atom stereocenters. The summed E-state index contributed by atoms with van der Waals surface area (Å²) in [6.45, 7) is 0.925. The van der Waals surface area contributed by atoms with E-state index in [1.165, 1.54) is 6.42 Å². The number of Topliss-reactive ketones (excluding diaryl/α,β-unsaturated/α-hetero) is 1. The van der Waals surface area contributed by atoms with E-state index in [1.807, 2.05) is 54.8 Å². The van der Waals surface area contributed by atoms with Crippen LogP contribution in [0.1, 0.15) is 48.3 Å². The number of nitrogens with zero attached hydrogens (tertiary/aromatic N) is 3. The molecule has 1 aromatic heterocycles. The fraction of sp³-hybridized carbons (Fsp3) is 0.333. The summed E-state index contributed by atoms with van der Waals surface area (Å²) in [5.41, 5.74) is 2.27. The Labute approximate surface area is 186 Å². The minimum Gasteiger partial charge on any atom is -0.326 e. The monoisotopic (exact) mass is 434 g/mol. The summed E-state index contributed by atoms with van der Waals surface area (Å²) in [5, 5.41) is 11.7. The molecule has 0 saturated heterocycles. The third kappa shape index (κ3) is 5.22. The molecule has 1 aliphatic heterocycles. The van der Waals surface area contributed by atoms with Crippen molar-refractivity contribution in [3.63, 3.8) is 0 Å². The predicted molar refractivity (Wildman–Crippen MR) is 123 cm³/mol. The second-order valence-electron chi connectivity index (χ2n) is 7.68. The maximum absolute atomic E-state index is 12.4. The second-order valence-corrected chi connectivity index (χ2v) is 8.56. The summed E-state index contributed by atoms with van der Waals surface area (Å²) in [6.07, 6.45) is 6.76. The maximum atomic E-state index is 12.4. The van der Waals surface area contributed by atoms with E-state index in [2.05, 4.69) is 20.1 Å². The van der Waals surface area contributed by atoms with E-state index in [9.17, 15) is 9.59 Å². The van der Waals surface area contributed by atoms with Crippen LogP contribution < -0.4 is 5.32 Å². The lowest BCUT2D eigenvalue weighted by atomic mass is 10.1. The number of ketones is 1. The molecule has 0 saturated carbocycles. The van der Waals surface area contributed by atoms with Crippen molar-refractivity contribution >= 4 is 29.1 Å². The number of carbonyl (C=O) groups is 2. The number of fused-ring (bicyclic) bond motifs is 1. The van der Waals surface area contributed by atoms with Crippen LogP contribution in [0.3, 0.4) is 0 Å². The number of rotatable bonds is 7. The number of hydrogen-bond donors (Lipinski definition) is 1. The van der Waals surface area contributed by atoms with Crippen molar-refractivity contribution in [2.45, 2.75) is 50.0 Å². The van der Waals surface area contributed by atoms with Crippen molar-refractivity contribution in [1.29, 1.82) is 0 Å². The highest BCUT2D eigenvalue weighted by Crippen LogP contribution is 2.25. The zero-order valence-corrected chi connectivity index (χ0v) is 18.5. The van der Waals surface area contributed by atoms with Gasteiger partial charge in [-0.25, -0.2) is 0 Å². The van der Waals surface area contributed by atoms with E-state index < -0.39 is 0 Å². The van der Waals surface area contributed by atoms with Crippen LogP contribution in [0.5, 0.6) is 0 Å². The number of hydrogen-bond acceptors (Lipinski definition) is 5. The third-order valence-corrected chi connectivity index (χ3v) is 6.25. The van der Waals surface area contributed by atoms with Crippen LogP contribution in [0.15, 0.2) is 53.4 Å². The molecule has 31 heavy (non-hydrogen) atoms. The van der Waals surface area contributed by atoms with Gasteiger partial charge in [-0.1, -0.05) is 30.7 Å². The van der Waals surface area contributed by atoms with Gasteiger partial charge >= 0.3 is 0 Å². The highest BCUT2D eigenvalue weighted by Gasteiger charge is 2.16. The third-order valence-electron chi connectivity index (χ3n) is 5.51. The lowest BCUT2D eigenvalue weighted by molar-refractivity contribution is -0.116. The lowest BCUT2D eigenvalue weighted by Crippen LogP contribution is -2.13. The Bertz CT molecular complexity index is 1080. The lowest BCUT2D eigenvalue weighted by Gasteiger charge is -2.09. The molecule has 0 radical (unpaired) electrons. The smallest absolute Gasteiger partial charge is 0.224 e. The van der Waals surface area contributed by atoms with E-state index in [-0.39, 0.29) is 24.5 Å². The van der Waals surface area contributed by atoms with E-state index in [4.69, 9.17) is 0 Å². The fourth-order valence-electron chi connectivity index (χ4n) is 3.81. The van der Waals surface area contributed by atoms with Gasteiger partial charge in [0, 0.05) is 47.5 Å². The van der Waals surface area contributed by atoms with Gasteiger partial charge in [0.1, 0.15) is 5.82 Å². The van der Waals surface area contributed by atoms with Crippen LogP contribution in [0, 0.1) is 0 Å². The number of aryl methyl sites for hydroxylation is 1. The minimum atomic E-state index is -0.175. The Morgan fingerprint density at radius 1 is 1.03 bits per heavy atom. The van der Waals surface area contributed by atoms with Gasteiger partial charge in [0.05, 0.1) is 0 Å². The van der Waals surface area contributed by atoms with Crippen LogP contribution in [0.4, 0.5) is 5.69 Å². The predicted octanol–water partition coefficient (Wildman–Crippen LogP) is 5.00. The van der Waals surface area contributed by atoms with Gasteiger partial charge in [0.15, 0.2) is 11.6 Å². The van der Waals surface area contributed by atoms with Crippen LogP contribution in [0.25, 0.3) is 11.4 Å². The number of thioether (sulfide) groups is 1. The number of carbonyl (C=O) groups excluding carboxylic acids is 2. The highest BCUT2D eigenvalue weighted by atomic mass is 32.2. The molecule has 7 heteroatoms. The average Bonchev–Trinajstić information content (AvgIpc) is 3.06. The largest absolute Gasteiger partial charge is 0.326 e. The summed E-state index contributed by atoms with van der Waals surface area (Å²) < 4.78 is 2.19. The molecule has 2 heterocycles. The van der Waals surface area contributed by atoms with Gasteiger partial charge in [0.2, 0.25) is 5.91 Å². The van der Waals surface area contributed by atoms with Crippen molar-refractivity contribution in [2.75, 3.05) is 11.6 Å². The molecule has 4 rings (SSSR count). The molecular weight excluding hydrogens is 408 g/mol. The molecule has 1 N–H and O–H groups in total. The second kappa shape index (κ2) is 9.92. The van der Waals surface area contributed by atoms with Gasteiger partial charge < -0.3 is 9.88 Å². The highest BCUT2D eigenvalue weighted by molar-refractivity contribution is 7.98. The molecule has 0 aliphatic carbocycles. The minimum absolute atomic E-state index is 0.0253. The molecular formula is C24H26N4O2S. The van der Waals surface area contributed by atoms with Crippen molar-refractivity contribution in [3.8, 4) is 11.4 Å². The standard InChI is InChI=1S/C24H26N4O2S/c1-31-20-11-9-17(10-12-20)21(29)13-14-23(30)25-19-7-5-6-18(16-19)24-27-26-22-8-3-2-4-15-28(22)24/h5-7,9-12,16H,2-4,8,13-15H2,1H3,(H,25,30). The number of anilines is 1. The van der Waals surface area contributed by atoms with Crippen LogP contribution in [0.2, 0.25) is 0 Å². The number of aromatic nitrogens is 3. The summed E-state index contributed by atoms with van der Waals surface area (Å²) in [5.74, 6) is 1.68. The molecule has 0 spiro atoms. The molecule has 3 aromatic rings. The Morgan fingerprint density at radius 3 is 2.68 bits per heavy atom. The van der Waals surface area contributed by atoms with Crippen LogP contribution in [-0.2, 0) is 17.8 Å². The summed E-state index contributed by atoms with van der Waals surface area (Å²) >= 11 is 1.63. The van der Waals surface area contributed by atoms with E-state index >= 15 is 0 Å². The molecule has 0 bridgehead atoms. The van der Waals surface area contributed by atoms with Gasteiger partial charge in [-0.3, -0.25) is 9.59 Å². The molecule has 0 fully saturated rings. The van der Waals surface area contributed by atoms with E-state index in [0.717, 1.165) is 47.9 Å². The van der Waals surface area contributed by atoms with Gasteiger partial charge in [0.25, 0.3) is 0 Å². The molecule has 1 aliphatic rings. The van der Waals surface area contributed by atoms with Gasteiger partial charge in [-0.15, -0.1) is 22.0 Å². The number of amides is 1. The first-order valence-electron chi connectivity index (χ1n) is 10.6. The normalized spacial score (nSPS) is 13.3. The number of nitrogens with one attached hydrogen (secondary N) is 1. The van der Waals surface area contributed by atoms with Crippen molar-refractivity contribution in [3.05, 3.63) is 59.9 Å². The Balaban J connectivity index is 1.38. The quantitative estimate of drug-likeness (QED) is 0.418. The first-order chi connectivity index (χ1) is 15.1. The average molecular weight is 435 g/mol. The zero-order valence-electron chi connectivity index (χ0n) is 17.6. The van der Waals surface area contributed by atoms with Crippen LogP contribution in [-0.4, -0.2) is 32.7 Å². The van der Waals surface area contributed by atoms with Crippen LogP contribution >= 0.6 is 11.8 Å². The Morgan fingerprint density at radius 2 is 1.87 bits per heavy atom. The summed E-state index contributed by atoms with van der Waals surface area (Å²) in [4.78, 5) is 25.9. The van der Waals surface area contributed by atoms with Gasteiger partial charge in [-0.05, 0) is 43.4 Å². The van der Waals surface area contributed by atoms with E-state index in [0.29, 0.717) is 11.3 Å². The molecule has 2 aromatic carbocycles. The molecule has 1 amide bonds. The first kappa shape index (κ1) is 21.3. The van der Waals surface area contributed by atoms with Gasteiger partial charge in [-0.2, -0.15) is 0 Å². The van der Waals surface area contributed by atoms with Crippen molar-refractivity contribution < 1.29 is 9.59 Å². The molecule has 160 valence electrons. The maximum Gasteiger partial charge on any atom is 0.224 e. The summed E-state index contributed by atoms with van der Waals surface area (Å²) in [7, 11) is 0. The molecule has 6 nitrogen and oxygen atoms in total. The van der Waals surface area contributed by atoms with Crippen molar-refractivity contribution in [1.82, 2.24) is 14.8 Å². The Kier molecular flexibility index (Phi) is 6.82. The summed E-state index contributed by atoms with van der Waals surface area (Å²) in [6, 6.07) is 15.1. The SMILES string of the molecule is CSc1ccc(C(=O)CCC(=O)Nc2cccc(-c3nnc4n3CCCCC4)c2)cc1. The topological polar surface area (TPSA) is 76.9 Å². The fourth-order valence-corrected chi connectivity index (χ4v) is 4.21. The first-order valence-corrected chi connectivity index (χ1v) is 11.9. The zero-order chi connectivity index (χ0) is 21.6. The van der Waals surface area contributed by atoms with E-state index in [1.54, 1.807) is 11.8 Å². The molecule has 0 atom stereocenters. The number of benzene rings is 2. The van der Waals surface area contributed by atoms with Crippen molar-refractivity contribution in [2.24, 2.45) is 0 Å². The Hall–Kier alpha value is -2.93.